The zero-order valence-corrected chi connectivity index (χ0v) is 12.6. The first kappa shape index (κ1) is 14.5. The van der Waals surface area contributed by atoms with Crippen molar-refractivity contribution in [3.05, 3.63) is 22.2 Å². The topological polar surface area (TPSA) is 44.5 Å². The number of hydrogen-bond donors (Lipinski definition) is 1. The SMILES string of the molecule is CC(C)c1c2c(cc(Cl)c1C(C)CN)OCCCO2. The molecule has 0 radical (unpaired) electrons. The molecule has 0 saturated heterocycles. The summed E-state index contributed by atoms with van der Waals surface area (Å²) in [4.78, 5) is 0. The Bertz CT molecular complexity index is 460. The largest absolute Gasteiger partial charge is 0.489 e. The minimum absolute atomic E-state index is 0.210. The predicted octanol–water partition coefficient (Wildman–Crippen LogP) is 3.69. The van der Waals surface area contributed by atoms with Crippen molar-refractivity contribution in [2.24, 2.45) is 5.73 Å². The van der Waals surface area contributed by atoms with E-state index in [-0.39, 0.29) is 5.92 Å². The fourth-order valence-electron chi connectivity index (χ4n) is 2.51. The zero-order valence-electron chi connectivity index (χ0n) is 11.8. The highest BCUT2D eigenvalue weighted by Crippen LogP contribution is 2.45. The van der Waals surface area contributed by atoms with Crippen LogP contribution in [0.2, 0.25) is 5.02 Å². The number of hydrogen-bond acceptors (Lipinski definition) is 3. The first-order valence-corrected chi connectivity index (χ1v) is 7.26. The molecular weight excluding hydrogens is 262 g/mol. The first-order valence-electron chi connectivity index (χ1n) is 6.88. The van der Waals surface area contributed by atoms with Crippen molar-refractivity contribution < 1.29 is 9.47 Å². The molecule has 0 aliphatic carbocycles. The summed E-state index contributed by atoms with van der Waals surface area (Å²) in [5, 5.41) is 0.728. The van der Waals surface area contributed by atoms with Gasteiger partial charge in [0.2, 0.25) is 0 Å². The monoisotopic (exact) mass is 283 g/mol. The first-order chi connectivity index (χ1) is 9.06. The number of benzene rings is 1. The molecule has 106 valence electrons. The van der Waals surface area contributed by atoms with E-state index < -0.39 is 0 Å². The number of ether oxygens (including phenoxy) is 2. The average Bonchev–Trinajstić information content (AvgIpc) is 2.60. The van der Waals surface area contributed by atoms with E-state index in [0.717, 1.165) is 34.1 Å². The lowest BCUT2D eigenvalue weighted by Crippen LogP contribution is -2.13. The van der Waals surface area contributed by atoms with E-state index in [1.807, 2.05) is 6.07 Å². The van der Waals surface area contributed by atoms with Gasteiger partial charge < -0.3 is 15.2 Å². The Morgan fingerprint density at radius 2 is 1.89 bits per heavy atom. The summed E-state index contributed by atoms with van der Waals surface area (Å²) in [6.45, 7) is 8.31. The smallest absolute Gasteiger partial charge is 0.164 e. The van der Waals surface area contributed by atoms with Gasteiger partial charge in [-0.05, 0) is 23.9 Å². The van der Waals surface area contributed by atoms with Crippen LogP contribution in [-0.2, 0) is 0 Å². The van der Waals surface area contributed by atoms with Crippen molar-refractivity contribution in [2.75, 3.05) is 19.8 Å². The molecule has 0 saturated carbocycles. The van der Waals surface area contributed by atoms with Crippen LogP contribution in [0.15, 0.2) is 6.07 Å². The second kappa shape index (κ2) is 6.02. The van der Waals surface area contributed by atoms with Crippen LogP contribution < -0.4 is 15.2 Å². The van der Waals surface area contributed by atoms with Gasteiger partial charge in [-0.1, -0.05) is 32.4 Å². The minimum Gasteiger partial charge on any atom is -0.489 e. The Kier molecular flexibility index (Phi) is 4.58. The second-order valence-corrected chi connectivity index (χ2v) is 5.76. The van der Waals surface area contributed by atoms with Crippen molar-refractivity contribution in [1.29, 1.82) is 0 Å². The van der Waals surface area contributed by atoms with Gasteiger partial charge in [0.25, 0.3) is 0 Å². The standard InChI is InChI=1S/C15H22ClNO2/c1-9(2)13-14(10(3)8-17)11(16)7-12-15(13)19-6-4-5-18-12/h7,9-10H,4-6,8,17H2,1-3H3. The molecule has 0 amide bonds. The fourth-order valence-corrected chi connectivity index (χ4v) is 2.89. The lowest BCUT2D eigenvalue weighted by atomic mass is 9.88. The lowest BCUT2D eigenvalue weighted by Gasteiger charge is -2.23. The highest BCUT2D eigenvalue weighted by atomic mass is 35.5. The molecule has 1 atom stereocenters. The third-order valence-electron chi connectivity index (χ3n) is 3.49. The summed E-state index contributed by atoms with van der Waals surface area (Å²) in [6, 6.07) is 1.87. The van der Waals surface area contributed by atoms with E-state index in [0.29, 0.717) is 25.7 Å². The quantitative estimate of drug-likeness (QED) is 0.920. The molecule has 2 rings (SSSR count). The maximum atomic E-state index is 6.45. The molecular formula is C15H22ClNO2. The van der Waals surface area contributed by atoms with Crippen LogP contribution >= 0.6 is 11.6 Å². The fraction of sp³-hybridized carbons (Fsp3) is 0.600. The molecule has 1 unspecified atom stereocenters. The molecule has 0 fully saturated rings. The van der Waals surface area contributed by atoms with Crippen LogP contribution in [0.4, 0.5) is 0 Å². The molecule has 19 heavy (non-hydrogen) atoms. The van der Waals surface area contributed by atoms with E-state index in [9.17, 15) is 0 Å². The van der Waals surface area contributed by atoms with Crippen LogP contribution in [0.1, 0.15) is 50.2 Å². The van der Waals surface area contributed by atoms with E-state index in [1.165, 1.54) is 0 Å². The molecule has 3 nitrogen and oxygen atoms in total. The molecule has 1 aromatic rings. The van der Waals surface area contributed by atoms with Crippen molar-refractivity contribution in [1.82, 2.24) is 0 Å². The predicted molar refractivity (Wildman–Crippen MR) is 78.6 cm³/mol. The molecule has 1 aliphatic rings. The molecule has 4 heteroatoms. The van der Waals surface area contributed by atoms with Gasteiger partial charge in [0.05, 0.1) is 13.2 Å². The second-order valence-electron chi connectivity index (χ2n) is 5.35. The van der Waals surface area contributed by atoms with Crippen LogP contribution in [0.25, 0.3) is 0 Å². The lowest BCUT2D eigenvalue weighted by molar-refractivity contribution is 0.295. The van der Waals surface area contributed by atoms with E-state index in [4.69, 9.17) is 26.8 Å². The Morgan fingerprint density at radius 3 is 2.53 bits per heavy atom. The minimum atomic E-state index is 0.210. The van der Waals surface area contributed by atoms with Gasteiger partial charge in [-0.25, -0.2) is 0 Å². The molecule has 0 spiro atoms. The number of fused-ring (bicyclic) bond motifs is 1. The Morgan fingerprint density at radius 1 is 1.21 bits per heavy atom. The summed E-state index contributed by atoms with van der Waals surface area (Å²) in [7, 11) is 0. The Balaban J connectivity index is 2.64. The number of nitrogens with two attached hydrogens (primary N) is 1. The summed E-state index contributed by atoms with van der Waals surface area (Å²) >= 11 is 6.45. The molecule has 1 heterocycles. The van der Waals surface area contributed by atoms with Gasteiger partial charge in [0.1, 0.15) is 0 Å². The average molecular weight is 284 g/mol. The van der Waals surface area contributed by atoms with Crippen LogP contribution in [0.3, 0.4) is 0 Å². The normalized spacial score (nSPS) is 16.3. The molecule has 1 aromatic carbocycles. The highest BCUT2D eigenvalue weighted by molar-refractivity contribution is 6.31. The summed E-state index contributed by atoms with van der Waals surface area (Å²) in [6.07, 6.45) is 0.894. The summed E-state index contributed by atoms with van der Waals surface area (Å²) in [5.41, 5.74) is 8.06. The van der Waals surface area contributed by atoms with Gasteiger partial charge in [-0.2, -0.15) is 0 Å². The molecule has 0 aromatic heterocycles. The van der Waals surface area contributed by atoms with Crippen LogP contribution in [0.5, 0.6) is 11.5 Å². The Hall–Kier alpha value is -0.930. The van der Waals surface area contributed by atoms with E-state index in [2.05, 4.69) is 20.8 Å². The highest BCUT2D eigenvalue weighted by Gasteiger charge is 2.25. The maximum absolute atomic E-state index is 6.45. The number of halogens is 1. The molecule has 1 aliphatic heterocycles. The van der Waals surface area contributed by atoms with Crippen molar-refractivity contribution in [3.63, 3.8) is 0 Å². The third kappa shape index (κ3) is 2.82. The van der Waals surface area contributed by atoms with Crippen molar-refractivity contribution in [2.45, 2.75) is 39.0 Å². The van der Waals surface area contributed by atoms with Gasteiger partial charge in [-0.15, -0.1) is 0 Å². The van der Waals surface area contributed by atoms with Gasteiger partial charge in [0.15, 0.2) is 11.5 Å². The van der Waals surface area contributed by atoms with E-state index in [1.54, 1.807) is 0 Å². The molecule has 0 bridgehead atoms. The van der Waals surface area contributed by atoms with Crippen molar-refractivity contribution >= 4 is 11.6 Å². The maximum Gasteiger partial charge on any atom is 0.164 e. The van der Waals surface area contributed by atoms with Gasteiger partial charge in [-0.3, -0.25) is 0 Å². The summed E-state index contributed by atoms with van der Waals surface area (Å²) in [5.74, 6) is 2.14. The zero-order chi connectivity index (χ0) is 14.0. The molecule has 2 N–H and O–H groups in total. The van der Waals surface area contributed by atoms with Crippen LogP contribution in [-0.4, -0.2) is 19.8 Å². The van der Waals surface area contributed by atoms with Crippen LogP contribution in [0, 0.1) is 0 Å². The van der Waals surface area contributed by atoms with Gasteiger partial charge >= 0.3 is 0 Å². The number of rotatable bonds is 3. The third-order valence-corrected chi connectivity index (χ3v) is 3.80. The Labute approximate surface area is 120 Å². The van der Waals surface area contributed by atoms with E-state index >= 15 is 0 Å². The van der Waals surface area contributed by atoms with Crippen molar-refractivity contribution in [3.8, 4) is 11.5 Å². The van der Waals surface area contributed by atoms with Gasteiger partial charge in [0, 0.05) is 23.1 Å². The summed E-state index contributed by atoms with van der Waals surface area (Å²) < 4.78 is 11.7.